The van der Waals surface area contributed by atoms with Crippen LogP contribution in [0.5, 0.6) is 0 Å². The first kappa shape index (κ1) is 16.9. The number of nitrogens with zero attached hydrogens (tertiary/aromatic N) is 2. The van der Waals surface area contributed by atoms with Crippen LogP contribution in [0.2, 0.25) is 0 Å². The molecule has 3 heteroatoms. The van der Waals surface area contributed by atoms with Crippen molar-refractivity contribution in [3.8, 4) is 0 Å². The lowest BCUT2D eigenvalue weighted by atomic mass is 9.92. The second-order valence-corrected chi connectivity index (χ2v) is 7.48. The summed E-state index contributed by atoms with van der Waals surface area (Å²) in [7, 11) is 2.26. The lowest BCUT2D eigenvalue weighted by Crippen LogP contribution is -2.42. The van der Waals surface area contributed by atoms with Crippen LogP contribution >= 0.6 is 0 Å². The van der Waals surface area contributed by atoms with E-state index in [0.717, 1.165) is 19.0 Å². The summed E-state index contributed by atoms with van der Waals surface area (Å²) >= 11 is 0. The largest absolute Gasteiger partial charge is 0.316 e. The van der Waals surface area contributed by atoms with Gasteiger partial charge in [-0.1, -0.05) is 27.7 Å². The maximum Gasteiger partial charge on any atom is 0.0109 e. The Balaban J connectivity index is 2.15. The Morgan fingerprint density at radius 2 is 1.84 bits per heavy atom. The number of hydrogen-bond acceptors (Lipinski definition) is 3. The number of hydrogen-bond donors (Lipinski definition) is 1. The Morgan fingerprint density at radius 1 is 1.21 bits per heavy atom. The number of rotatable bonds is 9. The zero-order valence-corrected chi connectivity index (χ0v) is 13.8. The molecular formula is C16H35N3. The normalized spacial score (nSPS) is 17.8. The first-order chi connectivity index (χ1) is 8.89. The summed E-state index contributed by atoms with van der Waals surface area (Å²) in [5.74, 6) is 0.740. The summed E-state index contributed by atoms with van der Waals surface area (Å²) in [6.45, 7) is 17.7. The van der Waals surface area contributed by atoms with Crippen molar-refractivity contribution in [1.82, 2.24) is 15.1 Å². The quantitative estimate of drug-likeness (QED) is 0.693. The molecule has 1 rings (SSSR count). The van der Waals surface area contributed by atoms with Crippen molar-refractivity contribution in [2.45, 2.75) is 40.5 Å². The van der Waals surface area contributed by atoms with E-state index in [-0.39, 0.29) is 0 Å². The highest BCUT2D eigenvalue weighted by Crippen LogP contribution is 2.15. The second kappa shape index (κ2) is 8.23. The Hall–Kier alpha value is -0.120. The highest BCUT2D eigenvalue weighted by molar-refractivity contribution is 4.76. The smallest absolute Gasteiger partial charge is 0.0109 e. The van der Waals surface area contributed by atoms with Crippen molar-refractivity contribution in [2.24, 2.45) is 11.3 Å². The van der Waals surface area contributed by atoms with E-state index < -0.39 is 0 Å². The lowest BCUT2D eigenvalue weighted by Gasteiger charge is -2.31. The number of nitrogens with one attached hydrogen (secondary N) is 1. The van der Waals surface area contributed by atoms with Gasteiger partial charge in [0.25, 0.3) is 0 Å². The fourth-order valence-electron chi connectivity index (χ4n) is 2.88. The molecule has 1 aliphatic rings. The molecule has 0 radical (unpaired) electrons. The molecule has 0 aromatic carbocycles. The first-order valence-corrected chi connectivity index (χ1v) is 8.01. The molecule has 0 aliphatic carbocycles. The predicted octanol–water partition coefficient (Wildman–Crippen LogP) is 2.29. The van der Waals surface area contributed by atoms with Crippen molar-refractivity contribution >= 4 is 0 Å². The molecule has 0 atom stereocenters. The van der Waals surface area contributed by atoms with Crippen LogP contribution < -0.4 is 5.32 Å². The SMILES string of the molecule is CC(C)CNCC(C)(C)CN(C)CCN1CCCC1. The molecule has 0 spiro atoms. The Labute approximate surface area is 120 Å². The van der Waals surface area contributed by atoms with Gasteiger partial charge in [0.15, 0.2) is 0 Å². The average Bonchev–Trinajstić information content (AvgIpc) is 2.77. The zero-order valence-electron chi connectivity index (χ0n) is 13.8. The van der Waals surface area contributed by atoms with Gasteiger partial charge in [0.1, 0.15) is 0 Å². The minimum atomic E-state index is 0.356. The van der Waals surface area contributed by atoms with Crippen LogP contribution in [0.15, 0.2) is 0 Å². The first-order valence-electron chi connectivity index (χ1n) is 8.01. The molecule has 1 heterocycles. The third-order valence-corrected chi connectivity index (χ3v) is 3.85. The van der Waals surface area contributed by atoms with Gasteiger partial charge in [0.05, 0.1) is 0 Å². The molecule has 1 saturated heterocycles. The third-order valence-electron chi connectivity index (χ3n) is 3.85. The van der Waals surface area contributed by atoms with Crippen molar-refractivity contribution in [2.75, 3.05) is 52.9 Å². The molecular weight excluding hydrogens is 234 g/mol. The maximum atomic E-state index is 3.59. The van der Waals surface area contributed by atoms with Crippen LogP contribution in [0.3, 0.4) is 0 Å². The molecule has 0 amide bonds. The topological polar surface area (TPSA) is 18.5 Å². The van der Waals surface area contributed by atoms with E-state index >= 15 is 0 Å². The molecule has 0 aromatic heterocycles. The van der Waals surface area contributed by atoms with Gasteiger partial charge in [-0.25, -0.2) is 0 Å². The highest BCUT2D eigenvalue weighted by Gasteiger charge is 2.20. The van der Waals surface area contributed by atoms with E-state index in [4.69, 9.17) is 0 Å². The Kier molecular flexibility index (Phi) is 7.33. The van der Waals surface area contributed by atoms with Crippen LogP contribution in [0, 0.1) is 11.3 Å². The van der Waals surface area contributed by atoms with Crippen LogP contribution in [0.4, 0.5) is 0 Å². The van der Waals surface area contributed by atoms with E-state index in [1.54, 1.807) is 0 Å². The number of likely N-dealkylation sites (N-methyl/N-ethyl adjacent to an activating group) is 1. The molecule has 0 saturated carbocycles. The molecule has 3 nitrogen and oxygen atoms in total. The van der Waals surface area contributed by atoms with Gasteiger partial charge in [-0.3, -0.25) is 0 Å². The summed E-state index contributed by atoms with van der Waals surface area (Å²) in [6, 6.07) is 0. The minimum Gasteiger partial charge on any atom is -0.316 e. The summed E-state index contributed by atoms with van der Waals surface area (Å²) in [6.07, 6.45) is 2.79. The summed E-state index contributed by atoms with van der Waals surface area (Å²) in [4.78, 5) is 5.09. The fraction of sp³-hybridized carbons (Fsp3) is 1.00. The van der Waals surface area contributed by atoms with Gasteiger partial charge in [-0.05, 0) is 50.9 Å². The van der Waals surface area contributed by atoms with Gasteiger partial charge in [-0.15, -0.1) is 0 Å². The molecule has 114 valence electrons. The molecule has 1 N–H and O–H groups in total. The standard InChI is InChI=1S/C16H35N3/c1-15(2)12-17-13-16(3,4)14-18(5)10-11-19-8-6-7-9-19/h15,17H,6-14H2,1-5H3. The van der Waals surface area contributed by atoms with Crippen molar-refractivity contribution in [3.05, 3.63) is 0 Å². The minimum absolute atomic E-state index is 0.356. The van der Waals surface area contributed by atoms with Crippen molar-refractivity contribution < 1.29 is 0 Å². The van der Waals surface area contributed by atoms with E-state index in [1.807, 2.05) is 0 Å². The van der Waals surface area contributed by atoms with Gasteiger partial charge in [0, 0.05) is 26.2 Å². The van der Waals surface area contributed by atoms with E-state index in [9.17, 15) is 0 Å². The van der Waals surface area contributed by atoms with E-state index in [2.05, 4.69) is 49.9 Å². The lowest BCUT2D eigenvalue weighted by molar-refractivity contribution is 0.183. The number of likely N-dealkylation sites (tertiary alicyclic amines) is 1. The molecule has 0 aromatic rings. The van der Waals surface area contributed by atoms with Gasteiger partial charge in [0.2, 0.25) is 0 Å². The van der Waals surface area contributed by atoms with Crippen LogP contribution in [0.25, 0.3) is 0 Å². The van der Waals surface area contributed by atoms with Crippen LogP contribution in [-0.2, 0) is 0 Å². The van der Waals surface area contributed by atoms with Crippen LogP contribution in [0.1, 0.15) is 40.5 Å². The molecule has 19 heavy (non-hydrogen) atoms. The summed E-state index contributed by atoms with van der Waals surface area (Å²) in [5.41, 5.74) is 0.356. The average molecular weight is 269 g/mol. The van der Waals surface area contributed by atoms with Gasteiger partial charge >= 0.3 is 0 Å². The molecule has 1 aliphatic heterocycles. The summed E-state index contributed by atoms with van der Waals surface area (Å²) < 4.78 is 0. The Morgan fingerprint density at radius 3 is 2.42 bits per heavy atom. The third kappa shape index (κ3) is 7.91. The van der Waals surface area contributed by atoms with E-state index in [0.29, 0.717) is 5.41 Å². The monoisotopic (exact) mass is 269 g/mol. The van der Waals surface area contributed by atoms with Crippen molar-refractivity contribution in [3.63, 3.8) is 0 Å². The molecule has 0 bridgehead atoms. The zero-order chi connectivity index (χ0) is 14.3. The van der Waals surface area contributed by atoms with Gasteiger partial charge in [-0.2, -0.15) is 0 Å². The predicted molar refractivity (Wildman–Crippen MR) is 84.7 cm³/mol. The molecule has 1 fully saturated rings. The van der Waals surface area contributed by atoms with Crippen molar-refractivity contribution in [1.29, 1.82) is 0 Å². The van der Waals surface area contributed by atoms with Gasteiger partial charge < -0.3 is 15.1 Å². The Bertz CT molecular complexity index is 232. The maximum absolute atomic E-state index is 3.59. The second-order valence-electron chi connectivity index (χ2n) is 7.48. The van der Waals surface area contributed by atoms with E-state index in [1.165, 1.54) is 45.6 Å². The molecule has 0 unspecified atom stereocenters. The van der Waals surface area contributed by atoms with Crippen LogP contribution in [-0.4, -0.2) is 62.7 Å². The summed E-state index contributed by atoms with van der Waals surface area (Å²) in [5, 5.41) is 3.59. The highest BCUT2D eigenvalue weighted by atomic mass is 15.2. The fourth-order valence-corrected chi connectivity index (χ4v) is 2.88.